The van der Waals surface area contributed by atoms with Gasteiger partial charge in [0.05, 0.1) is 43.6 Å². The summed E-state index contributed by atoms with van der Waals surface area (Å²) < 4.78 is 13.2. The zero-order valence-corrected chi connectivity index (χ0v) is 32.5. The molecule has 0 amide bonds. The topological polar surface area (TPSA) is 266 Å². The highest BCUT2D eigenvalue weighted by atomic mass is 16.6. The van der Waals surface area contributed by atoms with Gasteiger partial charge in [-0.3, -0.25) is 28.8 Å². The Morgan fingerprint density at radius 1 is 0.709 bits per heavy atom. The fraction of sp³-hybridized carbons (Fsp3) is 0.718. The van der Waals surface area contributed by atoms with Gasteiger partial charge >= 0.3 is 35.8 Å². The molecule has 0 spiro atoms. The monoisotopic (exact) mass is 784 g/mol. The lowest BCUT2D eigenvalue weighted by Gasteiger charge is -2.33. The number of aliphatic hydroxyl groups is 2. The zero-order chi connectivity index (χ0) is 41.7. The molecule has 1 aromatic heterocycles. The van der Waals surface area contributed by atoms with Gasteiger partial charge < -0.3 is 45.2 Å². The molecular formula is C39H62NO15+. The van der Waals surface area contributed by atoms with Crippen LogP contribution in [0.5, 0.6) is 5.75 Å². The fourth-order valence-electron chi connectivity index (χ4n) is 6.57. The van der Waals surface area contributed by atoms with Gasteiger partial charge in [-0.2, -0.15) is 4.57 Å². The van der Waals surface area contributed by atoms with Crippen LogP contribution in [0.25, 0.3) is 0 Å². The van der Waals surface area contributed by atoms with Crippen LogP contribution in [-0.2, 0) is 38.2 Å². The minimum atomic E-state index is -1.58. The number of rotatable bonds is 30. The van der Waals surface area contributed by atoms with Crippen LogP contribution in [0.1, 0.15) is 130 Å². The van der Waals surface area contributed by atoms with Crippen LogP contribution < -0.4 is 4.57 Å². The number of aromatic hydroxyl groups is 1. The van der Waals surface area contributed by atoms with Crippen molar-refractivity contribution < 1.29 is 78.6 Å². The molecular weight excluding hydrogens is 722 g/mol. The number of ether oxygens (including phenoxy) is 2. The number of aromatic nitrogens is 1. The van der Waals surface area contributed by atoms with Crippen molar-refractivity contribution in [3.63, 3.8) is 0 Å². The predicted octanol–water partition coefficient (Wildman–Crippen LogP) is 4.50. The predicted molar refractivity (Wildman–Crippen MR) is 196 cm³/mol. The summed E-state index contributed by atoms with van der Waals surface area (Å²) in [5.74, 6) is -11.7. The third-order valence-electron chi connectivity index (χ3n) is 9.79. The molecule has 16 nitrogen and oxygen atoms in total. The maximum absolute atomic E-state index is 13.1. The number of hydrogen-bond donors (Lipinski definition) is 7. The van der Waals surface area contributed by atoms with Gasteiger partial charge in [-0.25, -0.2) is 0 Å². The highest BCUT2D eigenvalue weighted by Crippen LogP contribution is 2.29. The van der Waals surface area contributed by atoms with E-state index >= 15 is 0 Å². The molecule has 16 heteroatoms. The average molecular weight is 785 g/mol. The molecule has 7 N–H and O–H groups in total. The number of carboxylic acids is 4. The number of esters is 2. The molecule has 1 heterocycles. The molecule has 1 aromatic rings. The Balaban J connectivity index is 3.01. The Morgan fingerprint density at radius 2 is 1.25 bits per heavy atom. The van der Waals surface area contributed by atoms with Crippen LogP contribution in [-0.4, -0.2) is 96.0 Å². The number of pyridine rings is 1. The van der Waals surface area contributed by atoms with Gasteiger partial charge in [0.2, 0.25) is 6.20 Å². The maximum Gasteiger partial charge on any atom is 0.307 e. The lowest BCUT2D eigenvalue weighted by Crippen LogP contribution is -2.43. The second-order valence-electron chi connectivity index (χ2n) is 14.8. The molecule has 0 aliphatic rings. The Hall–Kier alpha value is -4.31. The molecule has 0 saturated carbocycles. The fourth-order valence-corrected chi connectivity index (χ4v) is 6.57. The summed E-state index contributed by atoms with van der Waals surface area (Å²) in [6.45, 7) is 7.35. The van der Waals surface area contributed by atoms with Crippen LogP contribution in [0.3, 0.4) is 0 Å². The van der Waals surface area contributed by atoms with Crippen LogP contribution in [0.4, 0.5) is 0 Å². The van der Waals surface area contributed by atoms with E-state index in [4.69, 9.17) is 19.7 Å². The second kappa shape index (κ2) is 25.7. The van der Waals surface area contributed by atoms with Gasteiger partial charge in [0.15, 0.2) is 18.0 Å². The molecule has 312 valence electrons. The van der Waals surface area contributed by atoms with E-state index in [9.17, 15) is 54.3 Å². The Kier molecular flexibility index (Phi) is 22.8. The molecule has 0 saturated heterocycles. The summed E-state index contributed by atoms with van der Waals surface area (Å²) in [6, 6.07) is 3.03. The van der Waals surface area contributed by atoms with E-state index in [2.05, 4.69) is 0 Å². The van der Waals surface area contributed by atoms with Crippen LogP contribution in [0, 0.1) is 23.7 Å². The zero-order valence-electron chi connectivity index (χ0n) is 32.5. The molecule has 0 aliphatic heterocycles. The summed E-state index contributed by atoms with van der Waals surface area (Å²) in [6.07, 6.45) is 2.87. The molecule has 9 atom stereocenters. The first kappa shape index (κ1) is 48.7. The summed E-state index contributed by atoms with van der Waals surface area (Å²) >= 11 is 0. The third-order valence-corrected chi connectivity index (χ3v) is 9.79. The standard InChI is InChI=1S/C39H61NO15/c1-5-6-12-25(3)37(55-36(49)22-28(39(52)53)20-34(46)47)32(54-35(48)21-27(38(50)51)19-33(44)45)18-24(2)17-29(41)13-9-7-8-10-15-31(43)26(4)40-16-11-14-30(42)23-40/h11,14,16,23-29,31-32,37,41,43H,5-10,12-13,15,17-22H2,1-4H3,(H4-,42,44,45,46,47,50,51,52,53)/p+1. The van der Waals surface area contributed by atoms with Crippen molar-refractivity contribution in [1.82, 2.24) is 0 Å². The van der Waals surface area contributed by atoms with Crippen molar-refractivity contribution in [2.45, 2.75) is 154 Å². The van der Waals surface area contributed by atoms with E-state index in [1.54, 1.807) is 42.9 Å². The third kappa shape index (κ3) is 20.3. The minimum Gasteiger partial charge on any atom is -0.503 e. The molecule has 1 rings (SSSR count). The molecule has 0 bridgehead atoms. The first-order chi connectivity index (χ1) is 25.8. The van der Waals surface area contributed by atoms with Gasteiger partial charge in [0.1, 0.15) is 18.3 Å². The van der Waals surface area contributed by atoms with Crippen LogP contribution >= 0.6 is 0 Å². The molecule has 0 aliphatic carbocycles. The van der Waals surface area contributed by atoms with Crippen molar-refractivity contribution in [2.75, 3.05) is 0 Å². The van der Waals surface area contributed by atoms with E-state index in [0.29, 0.717) is 32.1 Å². The smallest absolute Gasteiger partial charge is 0.307 e. The minimum absolute atomic E-state index is 0.0542. The van der Waals surface area contributed by atoms with Crippen LogP contribution in [0.2, 0.25) is 0 Å². The van der Waals surface area contributed by atoms with E-state index in [-0.39, 0.29) is 30.6 Å². The number of nitrogens with zero attached hydrogens (tertiary/aromatic N) is 1. The normalized spacial score (nSPS) is 16.3. The Morgan fingerprint density at radius 3 is 1.76 bits per heavy atom. The first-order valence-corrected chi connectivity index (χ1v) is 19.2. The second-order valence-corrected chi connectivity index (χ2v) is 14.8. The Labute approximate surface area is 322 Å². The van der Waals surface area contributed by atoms with Gasteiger partial charge in [-0.05, 0) is 50.0 Å². The number of aliphatic carboxylic acids is 4. The SMILES string of the molecule is CCCCC(C)C(OC(=O)CC(CC(=O)O)C(=O)O)C(CC(C)CC(O)CCCCCCC(O)C(C)[n+]1cccc(O)c1)OC(=O)CC(CC(=O)O)C(=O)O. The first-order valence-electron chi connectivity index (χ1n) is 19.2. The summed E-state index contributed by atoms with van der Waals surface area (Å²) in [5.41, 5.74) is 0. The number of hydrogen-bond acceptors (Lipinski definition) is 11. The highest BCUT2D eigenvalue weighted by molar-refractivity contribution is 5.83. The molecule has 0 aromatic carbocycles. The number of unbranched alkanes of at least 4 members (excludes halogenated alkanes) is 4. The quantitative estimate of drug-likeness (QED) is 0.0322. The lowest BCUT2D eigenvalue weighted by atomic mass is 9.87. The number of carboxylic acid groups (broad SMARTS) is 4. The summed E-state index contributed by atoms with van der Waals surface area (Å²) in [5, 5.41) is 68.4. The molecule has 9 unspecified atom stereocenters. The molecule has 0 radical (unpaired) electrons. The van der Waals surface area contributed by atoms with Crippen molar-refractivity contribution in [2.24, 2.45) is 23.7 Å². The number of aliphatic hydroxyl groups excluding tert-OH is 2. The number of carbonyl (C=O) groups excluding carboxylic acids is 2. The lowest BCUT2D eigenvalue weighted by molar-refractivity contribution is -0.727. The summed E-state index contributed by atoms with van der Waals surface area (Å²) in [7, 11) is 0. The van der Waals surface area contributed by atoms with Crippen molar-refractivity contribution in [3.8, 4) is 5.75 Å². The van der Waals surface area contributed by atoms with Crippen molar-refractivity contribution in [1.29, 1.82) is 0 Å². The van der Waals surface area contributed by atoms with Gasteiger partial charge in [-0.15, -0.1) is 0 Å². The van der Waals surface area contributed by atoms with E-state index in [1.165, 1.54) is 0 Å². The largest absolute Gasteiger partial charge is 0.503 e. The van der Waals surface area contributed by atoms with Crippen molar-refractivity contribution >= 4 is 35.8 Å². The van der Waals surface area contributed by atoms with Gasteiger partial charge in [0, 0.05) is 13.0 Å². The van der Waals surface area contributed by atoms with Crippen LogP contribution in [0.15, 0.2) is 24.5 Å². The Bertz CT molecular complexity index is 1370. The van der Waals surface area contributed by atoms with Crippen molar-refractivity contribution in [3.05, 3.63) is 24.5 Å². The molecule has 0 fully saturated rings. The summed E-state index contributed by atoms with van der Waals surface area (Å²) in [4.78, 5) is 72.0. The maximum atomic E-state index is 13.1. The van der Waals surface area contributed by atoms with Gasteiger partial charge in [0.25, 0.3) is 0 Å². The van der Waals surface area contributed by atoms with E-state index in [0.717, 1.165) is 25.7 Å². The van der Waals surface area contributed by atoms with Gasteiger partial charge in [-0.1, -0.05) is 59.3 Å². The highest BCUT2D eigenvalue weighted by Gasteiger charge is 2.37. The van der Waals surface area contributed by atoms with E-state index < -0.39 is 104 Å². The number of carbonyl (C=O) groups is 6. The van der Waals surface area contributed by atoms with E-state index in [1.807, 2.05) is 13.8 Å². The average Bonchev–Trinajstić information content (AvgIpc) is 3.09. The molecule has 55 heavy (non-hydrogen) atoms.